The summed E-state index contributed by atoms with van der Waals surface area (Å²) in [5, 5.41) is 12.0. The second kappa shape index (κ2) is 6.43. The molecule has 0 aromatic heterocycles. The number of aliphatic hydroxyl groups is 1. The van der Waals surface area contributed by atoms with Gasteiger partial charge in [0.2, 0.25) is 0 Å². The number of hydrogen-bond acceptors (Lipinski definition) is 5. The fourth-order valence-corrected chi connectivity index (χ4v) is 1.92. The minimum absolute atomic E-state index is 0.00417. The van der Waals surface area contributed by atoms with Crippen LogP contribution in [-0.4, -0.2) is 29.1 Å². The maximum atomic E-state index is 8.79. The van der Waals surface area contributed by atoms with Gasteiger partial charge in [-0.2, -0.15) is 0 Å². The average molecular weight is 339 g/mol. The predicted octanol–water partition coefficient (Wildman–Crippen LogP) is 0.00860. The highest BCUT2D eigenvalue weighted by Crippen LogP contribution is 2.25. The molecule has 1 aliphatic rings. The summed E-state index contributed by atoms with van der Waals surface area (Å²) in [6.45, 7) is 2.28. The SMILES string of the molecule is CC1C(N)=C(N)C(CNCI)=CC1OCO. The smallest absolute Gasteiger partial charge is 0.144 e. The summed E-state index contributed by atoms with van der Waals surface area (Å²) in [5.41, 5.74) is 14.1. The van der Waals surface area contributed by atoms with Crippen molar-refractivity contribution in [3.63, 3.8) is 0 Å². The average Bonchev–Trinajstić information content (AvgIpc) is 2.28. The summed E-state index contributed by atoms with van der Waals surface area (Å²) in [6.07, 6.45) is 1.72. The summed E-state index contributed by atoms with van der Waals surface area (Å²) >= 11 is 2.22. The molecule has 0 spiro atoms. The summed E-state index contributed by atoms with van der Waals surface area (Å²) in [6, 6.07) is 0. The van der Waals surface area contributed by atoms with Gasteiger partial charge in [0.1, 0.15) is 6.79 Å². The minimum Gasteiger partial charge on any atom is -0.400 e. The number of rotatable bonds is 5. The van der Waals surface area contributed by atoms with Crippen molar-refractivity contribution in [2.24, 2.45) is 17.4 Å². The van der Waals surface area contributed by atoms with Crippen molar-refractivity contribution in [3.05, 3.63) is 23.0 Å². The lowest BCUT2D eigenvalue weighted by Crippen LogP contribution is -2.34. The standard InChI is InChI=1S/C10H18IN3O2/c1-6-8(16-5-15)2-7(3-14-4-11)10(13)9(6)12/h2,6,8,14-15H,3-5,12-13H2,1H3. The molecule has 0 saturated heterocycles. The molecule has 0 amide bonds. The Kier molecular flexibility index (Phi) is 5.53. The molecule has 1 rings (SSSR count). The third-order valence-electron chi connectivity index (χ3n) is 2.68. The number of nitrogens with one attached hydrogen (secondary N) is 1. The maximum Gasteiger partial charge on any atom is 0.144 e. The summed E-state index contributed by atoms with van der Waals surface area (Å²) in [7, 11) is 0. The maximum absolute atomic E-state index is 8.79. The number of hydrogen-bond donors (Lipinski definition) is 4. The first-order valence-corrected chi connectivity index (χ1v) is 6.59. The molecule has 16 heavy (non-hydrogen) atoms. The zero-order chi connectivity index (χ0) is 12.1. The van der Waals surface area contributed by atoms with Crippen LogP contribution in [-0.2, 0) is 4.74 Å². The molecule has 2 atom stereocenters. The quantitative estimate of drug-likeness (QED) is 0.245. The van der Waals surface area contributed by atoms with Crippen LogP contribution >= 0.6 is 22.6 Å². The largest absolute Gasteiger partial charge is 0.400 e. The Bertz CT molecular complexity index is 304. The number of halogens is 1. The van der Waals surface area contributed by atoms with Gasteiger partial charge in [-0.1, -0.05) is 29.5 Å². The first kappa shape index (κ1) is 13.8. The Morgan fingerprint density at radius 3 is 2.81 bits per heavy atom. The lowest BCUT2D eigenvalue weighted by Gasteiger charge is -2.28. The van der Waals surface area contributed by atoms with E-state index in [1.54, 1.807) is 0 Å². The van der Waals surface area contributed by atoms with E-state index in [2.05, 4.69) is 27.9 Å². The first-order chi connectivity index (χ1) is 7.61. The zero-order valence-corrected chi connectivity index (χ0v) is 11.4. The van der Waals surface area contributed by atoms with Gasteiger partial charge in [-0.05, 0) is 11.6 Å². The van der Waals surface area contributed by atoms with Crippen LogP contribution in [0.5, 0.6) is 0 Å². The molecule has 0 radical (unpaired) electrons. The molecule has 0 fully saturated rings. The Balaban J connectivity index is 2.82. The summed E-state index contributed by atoms with van der Waals surface area (Å²) < 4.78 is 6.04. The van der Waals surface area contributed by atoms with Gasteiger partial charge in [0, 0.05) is 22.7 Å². The monoisotopic (exact) mass is 339 g/mol. The molecule has 0 bridgehead atoms. The normalized spacial score (nSPS) is 25.8. The van der Waals surface area contributed by atoms with E-state index in [0.717, 1.165) is 10.1 Å². The molecule has 92 valence electrons. The zero-order valence-electron chi connectivity index (χ0n) is 9.24. The highest BCUT2D eigenvalue weighted by molar-refractivity contribution is 14.1. The number of ether oxygens (including phenoxy) is 1. The van der Waals surface area contributed by atoms with Crippen LogP contribution < -0.4 is 16.8 Å². The van der Waals surface area contributed by atoms with Crippen molar-refractivity contribution in [1.82, 2.24) is 5.32 Å². The van der Waals surface area contributed by atoms with E-state index in [0.29, 0.717) is 17.9 Å². The van der Waals surface area contributed by atoms with Crippen LogP contribution in [0.15, 0.2) is 23.0 Å². The van der Waals surface area contributed by atoms with Gasteiger partial charge >= 0.3 is 0 Å². The molecule has 1 aliphatic carbocycles. The molecule has 5 nitrogen and oxygen atoms in total. The second-order valence-electron chi connectivity index (χ2n) is 3.67. The summed E-state index contributed by atoms with van der Waals surface area (Å²) in [5.74, 6) is -0.00417. The van der Waals surface area contributed by atoms with Crippen LogP contribution in [0.3, 0.4) is 0 Å². The van der Waals surface area contributed by atoms with Crippen LogP contribution in [0.25, 0.3) is 0 Å². The molecule has 0 aliphatic heterocycles. The molecular weight excluding hydrogens is 321 g/mol. The van der Waals surface area contributed by atoms with Gasteiger partial charge in [0.25, 0.3) is 0 Å². The first-order valence-electron chi connectivity index (χ1n) is 5.07. The topological polar surface area (TPSA) is 93.5 Å². The number of aliphatic hydroxyl groups excluding tert-OH is 1. The Labute approximate surface area is 109 Å². The molecule has 6 N–H and O–H groups in total. The van der Waals surface area contributed by atoms with Crippen molar-refractivity contribution < 1.29 is 9.84 Å². The van der Waals surface area contributed by atoms with Crippen molar-refractivity contribution in [2.75, 3.05) is 17.9 Å². The predicted molar refractivity (Wildman–Crippen MR) is 71.5 cm³/mol. The molecule has 0 saturated carbocycles. The molecule has 0 aromatic carbocycles. The van der Waals surface area contributed by atoms with Crippen molar-refractivity contribution in [2.45, 2.75) is 13.0 Å². The number of alkyl halides is 1. The Hall–Kier alpha value is -0.310. The van der Waals surface area contributed by atoms with E-state index >= 15 is 0 Å². The van der Waals surface area contributed by atoms with E-state index < -0.39 is 0 Å². The van der Waals surface area contributed by atoms with Crippen molar-refractivity contribution in [3.8, 4) is 0 Å². The molecule has 2 unspecified atom stereocenters. The van der Waals surface area contributed by atoms with E-state index in [-0.39, 0.29) is 18.8 Å². The fourth-order valence-electron chi connectivity index (χ4n) is 1.65. The third-order valence-corrected chi connectivity index (χ3v) is 3.22. The molecule has 6 heteroatoms. The third kappa shape index (κ3) is 3.09. The number of nitrogens with two attached hydrogens (primary N) is 2. The molecule has 0 aromatic rings. The Morgan fingerprint density at radius 1 is 1.56 bits per heavy atom. The fraction of sp³-hybridized carbons (Fsp3) is 0.600. The van der Waals surface area contributed by atoms with Gasteiger partial charge in [-0.25, -0.2) is 0 Å². The van der Waals surface area contributed by atoms with Crippen molar-refractivity contribution in [1.29, 1.82) is 0 Å². The summed E-state index contributed by atoms with van der Waals surface area (Å²) in [4.78, 5) is 0. The van der Waals surface area contributed by atoms with E-state index in [1.165, 1.54) is 0 Å². The molecular formula is C10H18IN3O2. The van der Waals surface area contributed by atoms with Crippen LogP contribution in [0.1, 0.15) is 6.92 Å². The van der Waals surface area contributed by atoms with E-state index in [9.17, 15) is 0 Å². The van der Waals surface area contributed by atoms with Crippen molar-refractivity contribution >= 4 is 22.6 Å². The van der Waals surface area contributed by atoms with Gasteiger partial charge in [-0.3, -0.25) is 0 Å². The van der Waals surface area contributed by atoms with Crippen LogP contribution in [0, 0.1) is 5.92 Å². The van der Waals surface area contributed by atoms with Gasteiger partial charge in [0.15, 0.2) is 0 Å². The highest BCUT2D eigenvalue weighted by Gasteiger charge is 2.26. The molecule has 0 heterocycles. The van der Waals surface area contributed by atoms with Gasteiger partial charge < -0.3 is 26.6 Å². The van der Waals surface area contributed by atoms with E-state index in [1.807, 2.05) is 13.0 Å². The van der Waals surface area contributed by atoms with Crippen LogP contribution in [0.2, 0.25) is 0 Å². The van der Waals surface area contributed by atoms with Gasteiger partial charge in [0.05, 0.1) is 11.8 Å². The lowest BCUT2D eigenvalue weighted by molar-refractivity contribution is -0.0455. The minimum atomic E-state index is -0.314. The highest BCUT2D eigenvalue weighted by atomic mass is 127. The van der Waals surface area contributed by atoms with Gasteiger partial charge in [-0.15, -0.1) is 0 Å². The van der Waals surface area contributed by atoms with Crippen LogP contribution in [0.4, 0.5) is 0 Å². The van der Waals surface area contributed by atoms with E-state index in [4.69, 9.17) is 21.3 Å². The Morgan fingerprint density at radius 2 is 2.25 bits per heavy atom. The lowest BCUT2D eigenvalue weighted by atomic mass is 9.90. The second-order valence-corrected chi connectivity index (χ2v) is 4.43.